The highest BCUT2D eigenvalue weighted by molar-refractivity contribution is 7.12. The molecule has 0 unspecified atom stereocenters. The fourth-order valence-electron chi connectivity index (χ4n) is 4.49. The van der Waals surface area contributed by atoms with Gasteiger partial charge in [0.2, 0.25) is 0 Å². The van der Waals surface area contributed by atoms with Crippen LogP contribution in [-0.2, 0) is 0 Å². The molecule has 0 saturated heterocycles. The van der Waals surface area contributed by atoms with Crippen molar-refractivity contribution >= 4 is 28.8 Å². The summed E-state index contributed by atoms with van der Waals surface area (Å²) in [5, 5.41) is 0. The highest BCUT2D eigenvalue weighted by atomic mass is 19.1. The highest BCUT2D eigenvalue weighted by Crippen LogP contribution is 2.41. The molecule has 0 bridgehead atoms. The third kappa shape index (κ3) is 2.65. The summed E-state index contributed by atoms with van der Waals surface area (Å²) in [6.07, 6.45) is 2.10. The van der Waals surface area contributed by atoms with Crippen LogP contribution >= 0.6 is 0 Å². The molecule has 3 aromatic carbocycles. The van der Waals surface area contributed by atoms with Crippen molar-refractivity contribution in [1.82, 2.24) is 0 Å². The van der Waals surface area contributed by atoms with Crippen LogP contribution in [0.2, 0.25) is 0 Å². The van der Waals surface area contributed by atoms with E-state index in [1.807, 2.05) is 24.5 Å². The van der Waals surface area contributed by atoms with E-state index in [4.69, 9.17) is 0 Å². The molecule has 0 N–H and O–H groups in total. The van der Waals surface area contributed by atoms with Gasteiger partial charge in [0.15, 0.2) is 12.0 Å². The molecular formula is C24H16BF3O. The molecule has 0 atom stereocenters. The lowest BCUT2D eigenvalue weighted by Crippen LogP contribution is -2.59. The van der Waals surface area contributed by atoms with E-state index >= 15 is 0 Å². The van der Waals surface area contributed by atoms with Crippen molar-refractivity contribution in [1.29, 1.82) is 0 Å². The Morgan fingerprint density at radius 3 is 1.59 bits per heavy atom. The Hall–Kier alpha value is -3.47. The smallest absolute Gasteiger partial charge is 0.420 e. The molecule has 0 aliphatic carbocycles. The SMILES string of the molecule is Fc1ccc(C2=Cc3ccc[o+]3[B-]2(c2ccc(F)cc2)c2ccc(F)cc2)cc1. The summed E-state index contributed by atoms with van der Waals surface area (Å²) in [6, 6.07) is 22.9. The molecule has 0 saturated carbocycles. The van der Waals surface area contributed by atoms with Crippen molar-refractivity contribution in [2.24, 2.45) is 0 Å². The molecular weight excluding hydrogens is 372 g/mol. The fraction of sp³-hybridized carbons (Fsp3) is 0. The summed E-state index contributed by atoms with van der Waals surface area (Å²) in [6.45, 7) is 0. The van der Waals surface area contributed by atoms with E-state index in [9.17, 15) is 13.2 Å². The minimum absolute atomic E-state index is 0.318. The van der Waals surface area contributed by atoms with Crippen molar-refractivity contribution < 1.29 is 17.1 Å². The van der Waals surface area contributed by atoms with Gasteiger partial charge in [0, 0.05) is 18.2 Å². The van der Waals surface area contributed by atoms with Gasteiger partial charge in [-0.3, -0.25) is 0 Å². The number of hydrogen-bond acceptors (Lipinski definition) is 0. The van der Waals surface area contributed by atoms with Gasteiger partial charge in [-0.2, -0.15) is 0 Å². The Labute approximate surface area is 166 Å². The van der Waals surface area contributed by atoms with Crippen LogP contribution < -0.4 is 10.9 Å². The number of rotatable bonds is 3. The maximum atomic E-state index is 13.7. The third-order valence-corrected chi connectivity index (χ3v) is 5.73. The summed E-state index contributed by atoms with van der Waals surface area (Å²) >= 11 is 0. The molecule has 1 aliphatic rings. The predicted molar refractivity (Wildman–Crippen MR) is 111 cm³/mol. The predicted octanol–water partition coefficient (Wildman–Crippen LogP) is 5.09. The van der Waals surface area contributed by atoms with Crippen LogP contribution in [0.5, 0.6) is 0 Å². The van der Waals surface area contributed by atoms with Gasteiger partial charge in [-0.05, 0) is 36.4 Å². The van der Waals surface area contributed by atoms with E-state index in [0.717, 1.165) is 27.7 Å². The van der Waals surface area contributed by atoms with Gasteiger partial charge in [0.05, 0.1) is 0 Å². The number of furan rings is 1. The first-order chi connectivity index (χ1) is 14.1. The zero-order valence-corrected chi connectivity index (χ0v) is 15.4. The monoisotopic (exact) mass is 388 g/mol. The van der Waals surface area contributed by atoms with Crippen molar-refractivity contribution in [3.8, 4) is 0 Å². The number of hydrogen-bond donors (Lipinski definition) is 0. The lowest BCUT2D eigenvalue weighted by molar-refractivity contribution is 0.377. The number of benzene rings is 3. The van der Waals surface area contributed by atoms with Gasteiger partial charge in [-0.25, -0.2) is 13.2 Å². The van der Waals surface area contributed by atoms with Gasteiger partial charge < -0.3 is 3.96 Å². The standard InChI is InChI=1S/C24H16BF3O/c26-20-9-3-17(4-10-20)24-16-23-2-1-15-29(23)25(24,18-5-11-21(27)12-6-18)19-7-13-22(28)14-8-19/h1-16H. The molecule has 142 valence electrons. The highest BCUT2D eigenvalue weighted by Gasteiger charge is 2.49. The van der Waals surface area contributed by atoms with Gasteiger partial charge in [0.25, 0.3) is 0 Å². The Kier molecular flexibility index (Phi) is 3.98. The van der Waals surface area contributed by atoms with Crippen LogP contribution in [0.25, 0.3) is 11.5 Å². The van der Waals surface area contributed by atoms with Crippen molar-refractivity contribution in [3.63, 3.8) is 0 Å². The van der Waals surface area contributed by atoms with Crippen molar-refractivity contribution in [2.45, 2.75) is 0 Å². The third-order valence-electron chi connectivity index (χ3n) is 5.73. The second-order valence-electron chi connectivity index (χ2n) is 7.27. The summed E-state index contributed by atoms with van der Waals surface area (Å²) in [5.41, 5.74) is 3.49. The molecule has 0 spiro atoms. The van der Waals surface area contributed by atoms with Gasteiger partial charge in [-0.15, -0.1) is 10.9 Å². The van der Waals surface area contributed by atoms with E-state index in [0.29, 0.717) is 0 Å². The Balaban J connectivity index is 1.86. The first-order valence-corrected chi connectivity index (χ1v) is 9.36. The minimum atomic E-state index is -1.83. The quantitative estimate of drug-likeness (QED) is 0.340. The zero-order chi connectivity index (χ0) is 20.0. The lowest BCUT2D eigenvalue weighted by atomic mass is 9.27. The normalized spacial score (nSPS) is 14.5. The molecule has 1 aromatic heterocycles. The molecule has 0 amide bonds. The first kappa shape index (κ1) is 17.6. The van der Waals surface area contributed by atoms with Crippen LogP contribution in [0.1, 0.15) is 11.3 Å². The lowest BCUT2D eigenvalue weighted by Gasteiger charge is -2.39. The van der Waals surface area contributed by atoms with Crippen LogP contribution in [0.3, 0.4) is 0 Å². The van der Waals surface area contributed by atoms with Crippen LogP contribution in [0.4, 0.5) is 13.2 Å². The van der Waals surface area contributed by atoms with Crippen LogP contribution in [-0.4, -0.2) is 6.35 Å². The molecule has 5 heteroatoms. The largest absolute Gasteiger partial charge is 0.777 e. The van der Waals surface area contributed by atoms with E-state index in [2.05, 4.69) is 3.96 Å². The molecule has 1 aliphatic heterocycles. The molecule has 0 fully saturated rings. The van der Waals surface area contributed by atoms with E-state index < -0.39 is 6.35 Å². The van der Waals surface area contributed by atoms with Gasteiger partial charge >= 0.3 is 6.35 Å². The van der Waals surface area contributed by atoms with E-state index in [-0.39, 0.29) is 17.5 Å². The molecule has 5 rings (SSSR count). The van der Waals surface area contributed by atoms with Crippen LogP contribution in [0, 0.1) is 17.5 Å². The number of fused-ring (bicyclic) bond motifs is 1. The minimum Gasteiger partial charge on any atom is -0.777 e. The maximum Gasteiger partial charge on any atom is 0.420 e. The van der Waals surface area contributed by atoms with E-state index in [1.54, 1.807) is 36.4 Å². The first-order valence-electron chi connectivity index (χ1n) is 9.36. The average Bonchev–Trinajstić information content (AvgIpc) is 3.31. The topological polar surface area (TPSA) is 2.70 Å². The molecule has 4 aromatic rings. The van der Waals surface area contributed by atoms with Gasteiger partial charge in [0.1, 0.15) is 17.5 Å². The Morgan fingerprint density at radius 2 is 1.07 bits per heavy atom. The summed E-state index contributed by atoms with van der Waals surface area (Å²) < 4.78 is 44.3. The average molecular weight is 388 g/mol. The summed E-state index contributed by atoms with van der Waals surface area (Å²) in [5.74, 6) is -0.0806. The zero-order valence-electron chi connectivity index (χ0n) is 15.4. The summed E-state index contributed by atoms with van der Waals surface area (Å²) in [7, 11) is 0. The molecule has 0 radical (unpaired) electrons. The maximum absolute atomic E-state index is 13.7. The number of halogens is 3. The second-order valence-corrected chi connectivity index (χ2v) is 7.27. The molecule has 2 heterocycles. The summed E-state index contributed by atoms with van der Waals surface area (Å²) in [4.78, 5) is 0. The fourth-order valence-corrected chi connectivity index (χ4v) is 4.49. The van der Waals surface area contributed by atoms with Gasteiger partial charge in [-0.1, -0.05) is 47.4 Å². The Bertz CT molecular complexity index is 1160. The molecule has 29 heavy (non-hydrogen) atoms. The van der Waals surface area contributed by atoms with Crippen molar-refractivity contribution in [3.05, 3.63) is 120 Å². The van der Waals surface area contributed by atoms with Crippen molar-refractivity contribution in [2.75, 3.05) is 0 Å². The van der Waals surface area contributed by atoms with Crippen LogP contribution in [0.15, 0.2) is 95.2 Å². The second kappa shape index (κ2) is 6.55. The Morgan fingerprint density at radius 1 is 0.586 bits per heavy atom. The van der Waals surface area contributed by atoms with E-state index in [1.165, 1.54) is 36.4 Å². The molecule has 1 nitrogen and oxygen atoms in total.